The Bertz CT molecular complexity index is 415. The van der Waals surface area contributed by atoms with Gasteiger partial charge >= 0.3 is 0 Å². The maximum absolute atomic E-state index is 10.4. The average molecular weight is 231 g/mol. The summed E-state index contributed by atoms with van der Waals surface area (Å²) in [5.74, 6) is 0.986. The van der Waals surface area contributed by atoms with Gasteiger partial charge in [-0.1, -0.05) is 24.3 Å². The molecule has 0 spiro atoms. The predicted molar refractivity (Wildman–Crippen MR) is 69.0 cm³/mol. The molecule has 1 aromatic rings. The van der Waals surface area contributed by atoms with Crippen molar-refractivity contribution in [2.24, 2.45) is 5.92 Å². The summed E-state index contributed by atoms with van der Waals surface area (Å²) in [7, 11) is 0. The highest BCUT2D eigenvalue weighted by atomic mass is 16.3. The molecule has 0 aromatic heterocycles. The van der Waals surface area contributed by atoms with Crippen LogP contribution in [0.25, 0.3) is 0 Å². The molecule has 17 heavy (non-hydrogen) atoms. The summed E-state index contributed by atoms with van der Waals surface area (Å²) in [5.41, 5.74) is 2.56. The number of benzene rings is 1. The minimum absolute atomic E-state index is 0.231. The highest BCUT2D eigenvalue weighted by molar-refractivity contribution is 5.39. The molecule has 0 bridgehead atoms. The minimum atomic E-state index is -0.231. The first-order chi connectivity index (χ1) is 8.18. The highest BCUT2D eigenvalue weighted by Gasteiger charge is 2.42. The first-order valence-corrected chi connectivity index (χ1v) is 6.69. The molecule has 1 aliphatic heterocycles. The van der Waals surface area contributed by atoms with Gasteiger partial charge in [0.15, 0.2) is 0 Å². The zero-order valence-electron chi connectivity index (χ0n) is 10.6. The lowest BCUT2D eigenvalue weighted by Crippen LogP contribution is -2.42. The molecular weight excluding hydrogens is 210 g/mol. The van der Waals surface area contributed by atoms with Crippen LogP contribution < -0.4 is 0 Å². The topological polar surface area (TPSA) is 23.5 Å². The molecule has 2 nitrogen and oxygen atoms in total. The van der Waals surface area contributed by atoms with E-state index in [0.717, 1.165) is 19.5 Å². The quantitative estimate of drug-likeness (QED) is 0.803. The molecule has 2 aliphatic rings. The maximum Gasteiger partial charge on any atom is 0.0827 e. The lowest BCUT2D eigenvalue weighted by Gasteiger charge is -2.38. The van der Waals surface area contributed by atoms with Gasteiger partial charge in [0.1, 0.15) is 0 Å². The SMILES string of the molecule is CC(C)N1CCC2C(O)c3ccccc3C2C1. The van der Waals surface area contributed by atoms with Crippen molar-refractivity contribution in [3.8, 4) is 0 Å². The number of piperidine rings is 1. The molecule has 3 atom stereocenters. The first-order valence-electron chi connectivity index (χ1n) is 6.69. The van der Waals surface area contributed by atoms with Crippen molar-refractivity contribution in [1.29, 1.82) is 0 Å². The molecule has 3 unspecified atom stereocenters. The van der Waals surface area contributed by atoms with Crippen LogP contribution >= 0.6 is 0 Å². The van der Waals surface area contributed by atoms with Gasteiger partial charge in [0.25, 0.3) is 0 Å². The van der Waals surface area contributed by atoms with E-state index in [1.807, 2.05) is 6.07 Å². The van der Waals surface area contributed by atoms with Crippen molar-refractivity contribution < 1.29 is 5.11 Å². The summed E-state index contributed by atoms with van der Waals surface area (Å²) in [6.07, 6.45) is 0.893. The van der Waals surface area contributed by atoms with Crippen LogP contribution in [0.1, 0.15) is 43.4 Å². The smallest absolute Gasteiger partial charge is 0.0827 e. The van der Waals surface area contributed by atoms with Crippen molar-refractivity contribution in [3.05, 3.63) is 35.4 Å². The maximum atomic E-state index is 10.4. The van der Waals surface area contributed by atoms with Crippen LogP contribution in [0.4, 0.5) is 0 Å². The first kappa shape index (κ1) is 11.2. The van der Waals surface area contributed by atoms with E-state index in [0.29, 0.717) is 17.9 Å². The van der Waals surface area contributed by atoms with E-state index in [1.165, 1.54) is 11.1 Å². The van der Waals surface area contributed by atoms with E-state index < -0.39 is 0 Å². The number of rotatable bonds is 1. The molecule has 1 aliphatic carbocycles. The lowest BCUT2D eigenvalue weighted by atomic mass is 9.84. The third-order valence-corrected chi connectivity index (χ3v) is 4.55. The van der Waals surface area contributed by atoms with Gasteiger partial charge in [-0.15, -0.1) is 0 Å². The van der Waals surface area contributed by atoms with Crippen molar-refractivity contribution in [1.82, 2.24) is 4.90 Å². The summed E-state index contributed by atoms with van der Waals surface area (Å²) in [4.78, 5) is 2.54. The molecule has 1 N–H and O–H groups in total. The van der Waals surface area contributed by atoms with E-state index in [1.54, 1.807) is 0 Å². The van der Waals surface area contributed by atoms with Crippen molar-refractivity contribution >= 4 is 0 Å². The fraction of sp³-hybridized carbons (Fsp3) is 0.600. The standard InChI is InChI=1S/C15H21NO/c1-10(2)16-8-7-13-14(9-16)11-5-3-4-6-12(11)15(13)17/h3-6,10,13-15,17H,7-9H2,1-2H3. The third kappa shape index (κ3) is 1.71. The molecule has 92 valence electrons. The van der Waals surface area contributed by atoms with Crippen LogP contribution in [0.3, 0.4) is 0 Å². The monoisotopic (exact) mass is 231 g/mol. The Morgan fingerprint density at radius 3 is 2.65 bits per heavy atom. The largest absolute Gasteiger partial charge is 0.388 e. The molecule has 1 aromatic carbocycles. The summed E-state index contributed by atoms with van der Waals surface area (Å²) in [6, 6.07) is 9.05. The molecule has 1 heterocycles. The van der Waals surface area contributed by atoms with Gasteiger partial charge in [-0.2, -0.15) is 0 Å². The number of fused-ring (bicyclic) bond motifs is 3. The summed E-state index contributed by atoms with van der Waals surface area (Å²) >= 11 is 0. The Kier molecular flexibility index (Phi) is 2.72. The Hall–Kier alpha value is -0.860. The number of nitrogens with zero attached hydrogens (tertiary/aromatic N) is 1. The average Bonchev–Trinajstić information content (AvgIpc) is 2.64. The Morgan fingerprint density at radius 2 is 1.94 bits per heavy atom. The molecule has 0 saturated carbocycles. The van der Waals surface area contributed by atoms with E-state index in [9.17, 15) is 5.11 Å². The van der Waals surface area contributed by atoms with Crippen molar-refractivity contribution in [2.45, 2.75) is 38.3 Å². The van der Waals surface area contributed by atoms with Crippen LogP contribution in [-0.4, -0.2) is 29.1 Å². The zero-order valence-corrected chi connectivity index (χ0v) is 10.6. The van der Waals surface area contributed by atoms with Crippen LogP contribution in [0, 0.1) is 5.92 Å². The van der Waals surface area contributed by atoms with Crippen LogP contribution in [0.15, 0.2) is 24.3 Å². The van der Waals surface area contributed by atoms with E-state index in [-0.39, 0.29) is 6.10 Å². The van der Waals surface area contributed by atoms with E-state index >= 15 is 0 Å². The van der Waals surface area contributed by atoms with Gasteiger partial charge in [-0.05, 0) is 43.9 Å². The normalized spacial score (nSPS) is 32.6. The van der Waals surface area contributed by atoms with Crippen LogP contribution in [0.5, 0.6) is 0 Å². The summed E-state index contributed by atoms with van der Waals surface area (Å²) in [6.45, 7) is 6.76. The summed E-state index contributed by atoms with van der Waals surface area (Å²) in [5, 5.41) is 10.4. The molecule has 0 radical (unpaired) electrons. The van der Waals surface area contributed by atoms with E-state index in [2.05, 4.69) is 36.9 Å². The Morgan fingerprint density at radius 1 is 1.24 bits per heavy atom. The number of likely N-dealkylation sites (tertiary alicyclic amines) is 1. The van der Waals surface area contributed by atoms with Crippen LogP contribution in [-0.2, 0) is 0 Å². The molecular formula is C15H21NO. The van der Waals surface area contributed by atoms with Gasteiger partial charge in [0.05, 0.1) is 6.10 Å². The Balaban J connectivity index is 1.92. The second kappa shape index (κ2) is 4.11. The van der Waals surface area contributed by atoms with Crippen LogP contribution in [0.2, 0.25) is 0 Å². The van der Waals surface area contributed by atoms with Gasteiger partial charge in [0.2, 0.25) is 0 Å². The van der Waals surface area contributed by atoms with Gasteiger partial charge < -0.3 is 10.0 Å². The molecule has 3 rings (SSSR count). The number of hydrogen-bond donors (Lipinski definition) is 1. The number of aliphatic hydroxyl groups is 1. The lowest BCUT2D eigenvalue weighted by molar-refractivity contribution is 0.0511. The molecule has 1 fully saturated rings. The Labute approximate surface area is 103 Å². The molecule has 2 heteroatoms. The molecule has 1 saturated heterocycles. The molecule has 0 amide bonds. The summed E-state index contributed by atoms with van der Waals surface area (Å²) < 4.78 is 0. The van der Waals surface area contributed by atoms with E-state index in [4.69, 9.17) is 0 Å². The van der Waals surface area contributed by atoms with Gasteiger partial charge in [-0.25, -0.2) is 0 Å². The zero-order chi connectivity index (χ0) is 12.0. The minimum Gasteiger partial charge on any atom is -0.388 e. The van der Waals surface area contributed by atoms with Gasteiger partial charge in [0, 0.05) is 18.5 Å². The van der Waals surface area contributed by atoms with Crippen molar-refractivity contribution in [3.63, 3.8) is 0 Å². The fourth-order valence-corrected chi connectivity index (χ4v) is 3.52. The third-order valence-electron chi connectivity index (χ3n) is 4.55. The van der Waals surface area contributed by atoms with Gasteiger partial charge in [-0.3, -0.25) is 0 Å². The highest BCUT2D eigenvalue weighted by Crippen LogP contribution is 2.49. The second-order valence-electron chi connectivity index (χ2n) is 5.72. The van der Waals surface area contributed by atoms with Crippen molar-refractivity contribution in [2.75, 3.05) is 13.1 Å². The second-order valence-corrected chi connectivity index (χ2v) is 5.72. The predicted octanol–water partition coefficient (Wildman–Crippen LogP) is 2.55. The number of hydrogen-bond acceptors (Lipinski definition) is 2. The fourth-order valence-electron chi connectivity index (χ4n) is 3.52. The number of aliphatic hydroxyl groups excluding tert-OH is 1.